The van der Waals surface area contributed by atoms with Gasteiger partial charge in [0.25, 0.3) is 0 Å². The molecule has 0 bridgehead atoms. The topological polar surface area (TPSA) is 37.4 Å². The van der Waals surface area contributed by atoms with Gasteiger partial charge in [-0.3, -0.25) is 4.79 Å². The molecule has 90 valence electrons. The fourth-order valence-electron chi connectivity index (χ4n) is 2.22. The van der Waals surface area contributed by atoms with Crippen molar-refractivity contribution in [3.05, 3.63) is 29.3 Å². The summed E-state index contributed by atoms with van der Waals surface area (Å²) in [6, 6.07) is 6.15. The van der Waals surface area contributed by atoms with Crippen molar-refractivity contribution in [1.82, 2.24) is 0 Å². The molecular weight excluding hydrogens is 214 g/mol. The Kier molecular flexibility index (Phi) is 3.27. The van der Waals surface area contributed by atoms with E-state index in [1.165, 1.54) is 5.56 Å². The first-order valence-electron chi connectivity index (χ1n) is 5.95. The molecule has 2 rings (SSSR count). The summed E-state index contributed by atoms with van der Waals surface area (Å²) in [5.41, 5.74) is 3.34. The minimum Gasteiger partial charge on any atom is -0.315 e. The summed E-state index contributed by atoms with van der Waals surface area (Å²) >= 11 is 0. The van der Waals surface area contributed by atoms with Crippen molar-refractivity contribution < 1.29 is 9.59 Å². The first-order valence-corrected chi connectivity index (χ1v) is 5.95. The van der Waals surface area contributed by atoms with Gasteiger partial charge in [-0.1, -0.05) is 12.1 Å². The number of hydrogen-bond donors (Lipinski definition) is 0. The van der Waals surface area contributed by atoms with Crippen LogP contribution < -0.4 is 4.90 Å². The molecule has 3 heteroatoms. The smallest absolute Gasteiger partial charge is 0.231 e. The van der Waals surface area contributed by atoms with E-state index in [0.717, 1.165) is 24.1 Å². The lowest BCUT2D eigenvalue weighted by molar-refractivity contribution is -0.117. The van der Waals surface area contributed by atoms with E-state index in [-0.39, 0.29) is 11.7 Å². The Hall–Kier alpha value is -1.64. The molecule has 0 N–H and O–H groups in total. The Balaban J connectivity index is 2.05. The molecule has 1 aromatic rings. The molecule has 0 saturated carbocycles. The van der Waals surface area contributed by atoms with Crippen LogP contribution in [0.15, 0.2) is 18.2 Å². The number of carbonyl (C=O) groups is 2. The summed E-state index contributed by atoms with van der Waals surface area (Å²) in [6.45, 7) is 1.62. The van der Waals surface area contributed by atoms with E-state index in [1.807, 2.05) is 19.2 Å². The van der Waals surface area contributed by atoms with E-state index in [0.29, 0.717) is 12.8 Å². The van der Waals surface area contributed by atoms with E-state index >= 15 is 0 Å². The highest BCUT2D eigenvalue weighted by Crippen LogP contribution is 2.28. The van der Waals surface area contributed by atoms with Crippen LogP contribution >= 0.6 is 0 Å². The van der Waals surface area contributed by atoms with Crippen LogP contribution in [0.25, 0.3) is 0 Å². The zero-order valence-corrected chi connectivity index (χ0v) is 10.3. The Morgan fingerprint density at radius 3 is 2.88 bits per heavy atom. The molecule has 1 amide bonds. The van der Waals surface area contributed by atoms with Gasteiger partial charge in [-0.2, -0.15) is 0 Å². The molecular formula is C14H17NO2. The number of hydrogen-bond acceptors (Lipinski definition) is 2. The van der Waals surface area contributed by atoms with Crippen molar-refractivity contribution in [2.45, 2.75) is 32.6 Å². The predicted octanol–water partition coefficient (Wildman–Crippen LogP) is 2.12. The fraction of sp³-hybridized carbons (Fsp3) is 0.429. The van der Waals surface area contributed by atoms with Gasteiger partial charge in [-0.05, 0) is 37.0 Å². The van der Waals surface area contributed by atoms with Gasteiger partial charge >= 0.3 is 0 Å². The number of carbonyl (C=O) groups excluding carboxylic acids is 2. The number of likely N-dealkylation sites (N-methyl/N-ethyl adjacent to an activating group) is 1. The molecule has 0 radical (unpaired) electrons. The summed E-state index contributed by atoms with van der Waals surface area (Å²) in [5.74, 6) is 0.391. The molecule has 0 saturated heterocycles. The zero-order valence-electron chi connectivity index (χ0n) is 10.3. The lowest BCUT2D eigenvalue weighted by Crippen LogP contribution is -2.20. The molecule has 1 aliphatic heterocycles. The minimum atomic E-state index is 0.154. The molecule has 3 nitrogen and oxygen atoms in total. The van der Waals surface area contributed by atoms with E-state index < -0.39 is 0 Å². The summed E-state index contributed by atoms with van der Waals surface area (Å²) in [7, 11) is 1.81. The average Bonchev–Trinajstić information content (AvgIpc) is 2.54. The lowest BCUT2D eigenvalue weighted by Gasteiger charge is -2.10. The summed E-state index contributed by atoms with van der Waals surface area (Å²) in [4.78, 5) is 24.1. The summed E-state index contributed by atoms with van der Waals surface area (Å²) < 4.78 is 0. The largest absolute Gasteiger partial charge is 0.315 e. The molecule has 1 aliphatic rings. The number of benzene rings is 1. The standard InChI is InChI=1S/C14H17NO2/c1-10(16)4-3-5-11-6-7-13-12(8-11)9-14(17)15(13)2/h6-8H,3-5,9H2,1-2H3. The molecule has 17 heavy (non-hydrogen) atoms. The highest BCUT2D eigenvalue weighted by Gasteiger charge is 2.23. The highest BCUT2D eigenvalue weighted by atomic mass is 16.2. The fourth-order valence-corrected chi connectivity index (χ4v) is 2.22. The molecule has 0 aromatic heterocycles. The van der Waals surface area contributed by atoms with Gasteiger partial charge in [0.1, 0.15) is 5.78 Å². The summed E-state index contributed by atoms with van der Waals surface area (Å²) in [5, 5.41) is 0. The van der Waals surface area contributed by atoms with Gasteiger partial charge in [0, 0.05) is 19.2 Å². The molecule has 1 heterocycles. The molecule has 0 spiro atoms. The number of amides is 1. The maximum Gasteiger partial charge on any atom is 0.231 e. The van der Waals surface area contributed by atoms with Crippen molar-refractivity contribution in [2.24, 2.45) is 0 Å². The van der Waals surface area contributed by atoms with Crippen LogP contribution in [0, 0.1) is 0 Å². The third-order valence-corrected chi connectivity index (χ3v) is 3.22. The Morgan fingerprint density at radius 1 is 1.41 bits per heavy atom. The van der Waals surface area contributed by atoms with E-state index in [9.17, 15) is 9.59 Å². The Bertz CT molecular complexity index is 465. The van der Waals surface area contributed by atoms with E-state index in [2.05, 4.69) is 6.07 Å². The third-order valence-electron chi connectivity index (χ3n) is 3.22. The molecule has 0 atom stereocenters. The normalized spacial score (nSPS) is 14.0. The number of aryl methyl sites for hydroxylation is 1. The average molecular weight is 231 g/mol. The van der Waals surface area contributed by atoms with Crippen molar-refractivity contribution >= 4 is 17.4 Å². The number of nitrogens with zero attached hydrogens (tertiary/aromatic N) is 1. The van der Waals surface area contributed by atoms with Crippen LogP contribution in [0.5, 0.6) is 0 Å². The van der Waals surface area contributed by atoms with Gasteiger partial charge in [0.15, 0.2) is 0 Å². The van der Waals surface area contributed by atoms with Crippen LogP contribution in [-0.4, -0.2) is 18.7 Å². The highest BCUT2D eigenvalue weighted by molar-refractivity contribution is 6.00. The van der Waals surface area contributed by atoms with Gasteiger partial charge in [0.2, 0.25) is 5.91 Å². The van der Waals surface area contributed by atoms with E-state index in [1.54, 1.807) is 11.8 Å². The monoisotopic (exact) mass is 231 g/mol. The third kappa shape index (κ3) is 2.54. The maximum atomic E-state index is 11.5. The van der Waals surface area contributed by atoms with Crippen LogP contribution in [-0.2, 0) is 22.4 Å². The van der Waals surface area contributed by atoms with Crippen LogP contribution in [0.3, 0.4) is 0 Å². The minimum absolute atomic E-state index is 0.154. The zero-order chi connectivity index (χ0) is 12.4. The quantitative estimate of drug-likeness (QED) is 0.796. The summed E-state index contributed by atoms with van der Waals surface area (Å²) in [6.07, 6.45) is 2.94. The van der Waals surface area contributed by atoms with Gasteiger partial charge in [-0.15, -0.1) is 0 Å². The van der Waals surface area contributed by atoms with Gasteiger partial charge < -0.3 is 9.69 Å². The van der Waals surface area contributed by atoms with Gasteiger partial charge in [-0.25, -0.2) is 0 Å². The Morgan fingerprint density at radius 2 is 2.18 bits per heavy atom. The van der Waals surface area contributed by atoms with Gasteiger partial charge in [0.05, 0.1) is 6.42 Å². The number of anilines is 1. The number of ketones is 1. The maximum absolute atomic E-state index is 11.5. The van der Waals surface area contributed by atoms with Crippen molar-refractivity contribution in [3.63, 3.8) is 0 Å². The second-order valence-electron chi connectivity index (χ2n) is 4.65. The number of fused-ring (bicyclic) bond motifs is 1. The van der Waals surface area contributed by atoms with Crippen molar-refractivity contribution in [2.75, 3.05) is 11.9 Å². The van der Waals surface area contributed by atoms with Crippen LogP contribution in [0.1, 0.15) is 30.9 Å². The predicted molar refractivity (Wildman–Crippen MR) is 67.2 cm³/mol. The van der Waals surface area contributed by atoms with Crippen LogP contribution in [0.2, 0.25) is 0 Å². The second kappa shape index (κ2) is 4.70. The first kappa shape index (κ1) is 11.8. The second-order valence-corrected chi connectivity index (χ2v) is 4.65. The van der Waals surface area contributed by atoms with E-state index in [4.69, 9.17) is 0 Å². The number of Topliss-reactive ketones (excluding diaryl/α,β-unsaturated/α-hetero) is 1. The Labute approximate surface area is 101 Å². The van der Waals surface area contributed by atoms with Crippen molar-refractivity contribution in [3.8, 4) is 0 Å². The molecule has 0 unspecified atom stereocenters. The van der Waals surface area contributed by atoms with Crippen molar-refractivity contribution in [1.29, 1.82) is 0 Å². The lowest BCUT2D eigenvalue weighted by atomic mass is 10.0. The SMILES string of the molecule is CC(=O)CCCc1ccc2c(c1)CC(=O)N2C. The molecule has 1 aromatic carbocycles. The number of rotatable bonds is 4. The molecule has 0 fully saturated rings. The first-order chi connectivity index (χ1) is 8.08. The molecule has 0 aliphatic carbocycles. The van der Waals surface area contributed by atoms with Crippen LogP contribution in [0.4, 0.5) is 5.69 Å².